The maximum absolute atomic E-state index is 4.67. The van der Waals surface area contributed by atoms with Gasteiger partial charge in [0.1, 0.15) is 11.6 Å². The van der Waals surface area contributed by atoms with Gasteiger partial charge in [-0.15, -0.1) is 5.10 Å². The highest BCUT2D eigenvalue weighted by atomic mass is 15.4. The summed E-state index contributed by atoms with van der Waals surface area (Å²) >= 11 is 0. The van der Waals surface area contributed by atoms with Crippen molar-refractivity contribution in [2.75, 3.05) is 36.0 Å². The molecule has 7 heteroatoms. The van der Waals surface area contributed by atoms with Crippen LogP contribution in [-0.2, 0) is 6.42 Å². The highest BCUT2D eigenvalue weighted by Crippen LogP contribution is 2.20. The number of pyridine rings is 1. The Labute approximate surface area is 147 Å². The van der Waals surface area contributed by atoms with Crippen LogP contribution in [0.3, 0.4) is 0 Å². The Bertz CT molecular complexity index is 850. The minimum absolute atomic E-state index is 0.700. The molecule has 0 amide bonds. The molecular weight excluding hydrogens is 314 g/mol. The summed E-state index contributed by atoms with van der Waals surface area (Å²) in [5.74, 6) is 3.70. The van der Waals surface area contributed by atoms with Crippen LogP contribution < -0.4 is 9.80 Å². The van der Waals surface area contributed by atoms with Gasteiger partial charge in [0.15, 0.2) is 5.82 Å². The second-order valence-electron chi connectivity index (χ2n) is 6.41. The zero-order valence-corrected chi connectivity index (χ0v) is 14.8. The number of nitrogens with zero attached hydrogens (tertiary/aromatic N) is 7. The van der Waals surface area contributed by atoms with Gasteiger partial charge in [0.2, 0.25) is 0 Å². The number of anilines is 2. The van der Waals surface area contributed by atoms with Gasteiger partial charge in [0.05, 0.1) is 0 Å². The number of hydrogen-bond acceptors (Lipinski definition) is 6. The van der Waals surface area contributed by atoms with E-state index >= 15 is 0 Å². The average molecular weight is 337 g/mol. The molecule has 1 fully saturated rings. The SMILES string of the molecule is CCCc1nc2nc(C)cc(N3CCN(c4ccccn4)CC3)n2n1. The predicted molar refractivity (Wildman–Crippen MR) is 98.2 cm³/mol. The summed E-state index contributed by atoms with van der Waals surface area (Å²) in [6, 6.07) is 8.16. The second-order valence-corrected chi connectivity index (χ2v) is 6.41. The molecule has 1 aliphatic heterocycles. The predicted octanol–water partition coefficient (Wildman–Crippen LogP) is 2.11. The molecule has 0 bridgehead atoms. The van der Waals surface area contributed by atoms with E-state index in [1.165, 1.54) is 0 Å². The van der Waals surface area contributed by atoms with E-state index in [4.69, 9.17) is 0 Å². The van der Waals surface area contributed by atoms with Crippen molar-refractivity contribution in [3.05, 3.63) is 42.0 Å². The topological polar surface area (TPSA) is 62.5 Å². The van der Waals surface area contributed by atoms with Gasteiger partial charge in [-0.2, -0.15) is 9.50 Å². The maximum Gasteiger partial charge on any atom is 0.254 e. The Balaban J connectivity index is 1.58. The molecule has 25 heavy (non-hydrogen) atoms. The van der Waals surface area contributed by atoms with Gasteiger partial charge in [-0.05, 0) is 25.5 Å². The minimum Gasteiger partial charge on any atom is -0.353 e. The Morgan fingerprint density at radius 2 is 1.84 bits per heavy atom. The van der Waals surface area contributed by atoms with Gasteiger partial charge in [0, 0.05) is 50.6 Å². The van der Waals surface area contributed by atoms with Crippen LogP contribution in [0.1, 0.15) is 24.9 Å². The third-order valence-corrected chi connectivity index (χ3v) is 4.52. The lowest BCUT2D eigenvalue weighted by atomic mass is 10.3. The first-order valence-electron chi connectivity index (χ1n) is 8.89. The van der Waals surface area contributed by atoms with E-state index in [0.717, 1.165) is 62.2 Å². The first kappa shape index (κ1) is 15.8. The molecule has 7 nitrogen and oxygen atoms in total. The number of aryl methyl sites for hydroxylation is 2. The van der Waals surface area contributed by atoms with Crippen LogP contribution in [0.4, 0.5) is 11.6 Å². The molecule has 0 spiro atoms. The zero-order valence-electron chi connectivity index (χ0n) is 14.8. The maximum atomic E-state index is 4.67. The minimum atomic E-state index is 0.700. The Hall–Kier alpha value is -2.70. The summed E-state index contributed by atoms with van der Waals surface area (Å²) < 4.78 is 1.90. The molecule has 4 rings (SSSR count). The van der Waals surface area contributed by atoms with E-state index < -0.39 is 0 Å². The summed E-state index contributed by atoms with van der Waals surface area (Å²) in [6.07, 6.45) is 3.77. The van der Waals surface area contributed by atoms with E-state index in [1.807, 2.05) is 29.8 Å². The molecule has 0 saturated carbocycles. The van der Waals surface area contributed by atoms with Crippen LogP contribution >= 0.6 is 0 Å². The first-order chi connectivity index (χ1) is 12.2. The second kappa shape index (κ2) is 6.66. The quantitative estimate of drug-likeness (QED) is 0.727. The molecule has 0 atom stereocenters. The van der Waals surface area contributed by atoms with Gasteiger partial charge < -0.3 is 9.80 Å². The molecule has 0 unspecified atom stereocenters. The lowest BCUT2D eigenvalue weighted by Crippen LogP contribution is -2.47. The lowest BCUT2D eigenvalue weighted by molar-refractivity contribution is 0.632. The molecule has 1 aliphatic rings. The summed E-state index contributed by atoms with van der Waals surface area (Å²) in [4.78, 5) is 18.3. The first-order valence-corrected chi connectivity index (χ1v) is 8.89. The van der Waals surface area contributed by atoms with Gasteiger partial charge in [-0.1, -0.05) is 13.0 Å². The number of hydrogen-bond donors (Lipinski definition) is 0. The Kier molecular flexibility index (Phi) is 4.21. The van der Waals surface area contributed by atoms with Crippen LogP contribution in [0.25, 0.3) is 5.78 Å². The van der Waals surface area contributed by atoms with E-state index in [9.17, 15) is 0 Å². The molecule has 0 radical (unpaired) electrons. The van der Waals surface area contributed by atoms with Gasteiger partial charge in [-0.3, -0.25) is 0 Å². The van der Waals surface area contributed by atoms with E-state index in [0.29, 0.717) is 5.78 Å². The molecule has 4 heterocycles. The Morgan fingerprint density at radius 1 is 1.04 bits per heavy atom. The van der Waals surface area contributed by atoms with Crippen LogP contribution in [0.15, 0.2) is 30.5 Å². The molecule has 0 aromatic carbocycles. The highest BCUT2D eigenvalue weighted by Gasteiger charge is 2.21. The summed E-state index contributed by atoms with van der Waals surface area (Å²) in [7, 11) is 0. The fraction of sp³-hybridized carbons (Fsp3) is 0.444. The van der Waals surface area contributed by atoms with Crippen molar-refractivity contribution in [3.8, 4) is 0 Å². The fourth-order valence-electron chi connectivity index (χ4n) is 3.27. The molecule has 3 aromatic rings. The smallest absolute Gasteiger partial charge is 0.254 e. The molecule has 0 aliphatic carbocycles. The number of aromatic nitrogens is 5. The monoisotopic (exact) mass is 337 g/mol. The van der Waals surface area contributed by atoms with Crippen LogP contribution in [0.5, 0.6) is 0 Å². The van der Waals surface area contributed by atoms with Gasteiger partial charge in [-0.25, -0.2) is 9.97 Å². The normalized spacial score (nSPS) is 15.1. The number of piperazine rings is 1. The van der Waals surface area contributed by atoms with Gasteiger partial charge in [0.25, 0.3) is 5.78 Å². The van der Waals surface area contributed by atoms with Crippen LogP contribution in [-0.4, -0.2) is 50.7 Å². The van der Waals surface area contributed by atoms with E-state index in [1.54, 1.807) is 0 Å². The summed E-state index contributed by atoms with van der Waals surface area (Å²) in [6.45, 7) is 7.90. The third-order valence-electron chi connectivity index (χ3n) is 4.52. The van der Waals surface area contributed by atoms with Crippen molar-refractivity contribution in [3.63, 3.8) is 0 Å². The highest BCUT2D eigenvalue weighted by molar-refractivity contribution is 5.50. The average Bonchev–Trinajstić information content (AvgIpc) is 3.04. The van der Waals surface area contributed by atoms with Gasteiger partial charge >= 0.3 is 0 Å². The van der Waals surface area contributed by atoms with E-state index in [2.05, 4.69) is 48.9 Å². The molecule has 0 N–H and O–H groups in total. The summed E-state index contributed by atoms with van der Waals surface area (Å²) in [5.41, 5.74) is 0.977. The molecular formula is C18H23N7. The van der Waals surface area contributed by atoms with Crippen LogP contribution in [0.2, 0.25) is 0 Å². The van der Waals surface area contributed by atoms with Crippen molar-refractivity contribution in [2.45, 2.75) is 26.7 Å². The number of fused-ring (bicyclic) bond motifs is 1. The molecule has 1 saturated heterocycles. The van der Waals surface area contributed by atoms with Crippen molar-refractivity contribution in [1.82, 2.24) is 24.6 Å². The van der Waals surface area contributed by atoms with Crippen molar-refractivity contribution in [1.29, 1.82) is 0 Å². The number of rotatable bonds is 4. The van der Waals surface area contributed by atoms with Crippen molar-refractivity contribution >= 4 is 17.4 Å². The lowest BCUT2D eigenvalue weighted by Gasteiger charge is -2.36. The third kappa shape index (κ3) is 3.14. The largest absolute Gasteiger partial charge is 0.353 e. The molecule has 130 valence electrons. The Morgan fingerprint density at radius 3 is 2.56 bits per heavy atom. The zero-order chi connectivity index (χ0) is 17.2. The molecule has 3 aromatic heterocycles. The summed E-state index contributed by atoms with van der Waals surface area (Å²) in [5, 5.41) is 4.67. The standard InChI is InChI=1S/C18H23N7/c1-3-6-15-21-18-20-14(2)13-17(25(18)22-15)24-11-9-23(10-12-24)16-7-4-5-8-19-16/h4-5,7-8,13H,3,6,9-12H2,1-2H3. The van der Waals surface area contributed by atoms with Crippen molar-refractivity contribution in [2.24, 2.45) is 0 Å². The van der Waals surface area contributed by atoms with Crippen molar-refractivity contribution < 1.29 is 0 Å². The fourth-order valence-corrected chi connectivity index (χ4v) is 3.27. The van der Waals surface area contributed by atoms with E-state index in [-0.39, 0.29) is 0 Å². The van der Waals surface area contributed by atoms with Crippen LogP contribution in [0, 0.1) is 6.92 Å².